The van der Waals surface area contributed by atoms with E-state index in [-0.39, 0.29) is 11.3 Å². The predicted molar refractivity (Wildman–Crippen MR) is 83.3 cm³/mol. The Balaban J connectivity index is 2.11. The molecular weight excluding hydrogens is 302 g/mol. The smallest absolute Gasteiger partial charge is 0.293 e. The van der Waals surface area contributed by atoms with Gasteiger partial charge < -0.3 is 10.4 Å². The van der Waals surface area contributed by atoms with E-state index in [1.165, 1.54) is 0 Å². The van der Waals surface area contributed by atoms with Crippen molar-refractivity contribution in [1.29, 1.82) is 0 Å². The number of hydrogen-bond donors (Lipinski definition) is 2. The normalized spacial score (nSPS) is 20.0. The van der Waals surface area contributed by atoms with Gasteiger partial charge in [0.25, 0.3) is 11.7 Å². The molecule has 22 heavy (non-hydrogen) atoms. The predicted octanol–water partition coefficient (Wildman–Crippen LogP) is 3.05. The summed E-state index contributed by atoms with van der Waals surface area (Å²) in [5, 5.41) is 13.6. The number of benzene rings is 2. The second kappa shape index (κ2) is 5.66. The molecule has 1 atom stereocenters. The van der Waals surface area contributed by atoms with Crippen molar-refractivity contribution < 1.29 is 14.7 Å². The number of aliphatic hydroxyl groups is 1. The molecule has 5 heteroatoms. The average Bonchev–Trinajstić information content (AvgIpc) is 2.84. The van der Waals surface area contributed by atoms with E-state index in [1.807, 2.05) is 6.07 Å². The highest BCUT2D eigenvalue weighted by atomic mass is 35.5. The third-order valence-corrected chi connectivity index (χ3v) is 3.77. The summed E-state index contributed by atoms with van der Waals surface area (Å²) in [6.07, 6.45) is 0. The Morgan fingerprint density at radius 1 is 1.00 bits per heavy atom. The molecule has 1 heterocycles. The van der Waals surface area contributed by atoms with Gasteiger partial charge in [-0.1, -0.05) is 41.9 Å². The Kier molecular flexibility index (Phi) is 3.69. The van der Waals surface area contributed by atoms with Gasteiger partial charge in [-0.15, -0.1) is 0 Å². The first-order valence-corrected chi connectivity index (χ1v) is 7.05. The number of carbonyl (C=O) groups excluding carboxylic acids is 2. The molecule has 1 aliphatic heterocycles. The maximum atomic E-state index is 12.1. The zero-order valence-electron chi connectivity index (χ0n) is 11.4. The molecule has 4 nitrogen and oxygen atoms in total. The molecule has 0 saturated carbocycles. The van der Waals surface area contributed by atoms with Crippen molar-refractivity contribution in [2.24, 2.45) is 0 Å². The van der Waals surface area contributed by atoms with Crippen LogP contribution in [0, 0.1) is 0 Å². The third-order valence-electron chi connectivity index (χ3n) is 3.52. The van der Waals surface area contributed by atoms with Gasteiger partial charge in [-0.25, -0.2) is 0 Å². The second-order valence-electron chi connectivity index (χ2n) is 4.92. The number of hydrogen-bond acceptors (Lipinski definition) is 3. The van der Waals surface area contributed by atoms with Gasteiger partial charge >= 0.3 is 0 Å². The quantitative estimate of drug-likeness (QED) is 0.509. The molecule has 0 radical (unpaired) electrons. The Hall–Kier alpha value is -2.59. The van der Waals surface area contributed by atoms with Crippen molar-refractivity contribution in [3.63, 3.8) is 0 Å². The molecule has 2 aromatic rings. The summed E-state index contributed by atoms with van der Waals surface area (Å²) in [4.78, 5) is 23.8. The van der Waals surface area contributed by atoms with Gasteiger partial charge in [-0.2, -0.15) is 0 Å². The van der Waals surface area contributed by atoms with Crippen LogP contribution in [-0.2, 0) is 9.59 Å². The number of halogens is 1. The van der Waals surface area contributed by atoms with Gasteiger partial charge in [-0.3, -0.25) is 9.59 Å². The van der Waals surface area contributed by atoms with E-state index in [1.54, 1.807) is 48.5 Å². The van der Waals surface area contributed by atoms with Crippen molar-refractivity contribution in [3.8, 4) is 0 Å². The lowest BCUT2D eigenvalue weighted by Crippen LogP contribution is -2.21. The minimum absolute atomic E-state index is 0.0542. The lowest BCUT2D eigenvalue weighted by molar-refractivity contribution is -0.133. The molecule has 3 rings (SSSR count). The number of nitrogens with one attached hydrogen (secondary N) is 1. The van der Waals surface area contributed by atoms with E-state index in [2.05, 4.69) is 5.32 Å². The molecule has 1 unspecified atom stereocenters. The molecule has 0 spiro atoms. The van der Waals surface area contributed by atoms with Crippen LogP contribution < -0.4 is 5.32 Å². The number of Topliss-reactive ketones (excluding diaryl/α,β-unsaturated/α-hetero) is 1. The number of rotatable bonds is 2. The molecule has 0 aromatic heterocycles. The second-order valence-corrected chi connectivity index (χ2v) is 5.35. The zero-order valence-corrected chi connectivity index (χ0v) is 12.2. The maximum Gasteiger partial charge on any atom is 0.293 e. The first-order chi connectivity index (χ1) is 10.6. The molecule has 1 fully saturated rings. The summed E-state index contributed by atoms with van der Waals surface area (Å²) < 4.78 is 0. The SMILES string of the molecule is O=C1NC(c2ccccc2)/C(=C(\O)c2ccc(Cl)cc2)C1=O. The van der Waals surface area contributed by atoms with Crippen LogP contribution in [0.2, 0.25) is 5.02 Å². The van der Waals surface area contributed by atoms with Crippen LogP contribution in [0.15, 0.2) is 60.2 Å². The van der Waals surface area contributed by atoms with Crippen LogP contribution >= 0.6 is 11.6 Å². The first kappa shape index (κ1) is 14.4. The molecule has 0 aliphatic carbocycles. The summed E-state index contributed by atoms with van der Waals surface area (Å²) in [7, 11) is 0. The van der Waals surface area contributed by atoms with Crippen LogP contribution in [0.3, 0.4) is 0 Å². The lowest BCUT2D eigenvalue weighted by Gasteiger charge is -2.13. The van der Waals surface area contributed by atoms with E-state index in [0.29, 0.717) is 10.6 Å². The number of ketones is 1. The van der Waals surface area contributed by atoms with Crippen LogP contribution in [-0.4, -0.2) is 16.8 Å². The summed E-state index contributed by atoms with van der Waals surface area (Å²) in [5.74, 6) is -1.65. The van der Waals surface area contributed by atoms with Gasteiger partial charge in [0.2, 0.25) is 0 Å². The molecule has 110 valence electrons. The van der Waals surface area contributed by atoms with E-state index in [9.17, 15) is 14.7 Å². The van der Waals surface area contributed by atoms with Gasteiger partial charge in [0.05, 0.1) is 11.6 Å². The Labute approximate surface area is 132 Å². The van der Waals surface area contributed by atoms with Crippen molar-refractivity contribution in [2.75, 3.05) is 0 Å². The molecule has 1 saturated heterocycles. The highest BCUT2D eigenvalue weighted by Gasteiger charge is 2.39. The minimum Gasteiger partial charge on any atom is -0.507 e. The Bertz CT molecular complexity index is 766. The minimum atomic E-state index is -0.721. The molecule has 1 amide bonds. The number of aliphatic hydroxyl groups excluding tert-OH is 1. The number of carbonyl (C=O) groups is 2. The maximum absolute atomic E-state index is 12.1. The summed E-state index contributed by atoms with van der Waals surface area (Å²) in [6.45, 7) is 0. The highest BCUT2D eigenvalue weighted by Crippen LogP contribution is 2.32. The van der Waals surface area contributed by atoms with Crippen molar-refractivity contribution >= 4 is 29.1 Å². The summed E-state index contributed by atoms with van der Waals surface area (Å²) in [6, 6.07) is 14.8. The van der Waals surface area contributed by atoms with Gasteiger partial charge in [0.1, 0.15) is 5.76 Å². The Morgan fingerprint density at radius 3 is 2.27 bits per heavy atom. The number of amides is 1. The van der Waals surface area contributed by atoms with Crippen LogP contribution in [0.4, 0.5) is 0 Å². The average molecular weight is 314 g/mol. The summed E-state index contributed by atoms with van der Waals surface area (Å²) >= 11 is 5.82. The van der Waals surface area contributed by atoms with Crippen LogP contribution in [0.25, 0.3) is 5.76 Å². The van der Waals surface area contributed by atoms with Crippen molar-refractivity contribution in [2.45, 2.75) is 6.04 Å². The van der Waals surface area contributed by atoms with Crippen molar-refractivity contribution in [1.82, 2.24) is 5.32 Å². The zero-order chi connectivity index (χ0) is 15.7. The standard InChI is InChI=1S/C17H12ClNO3/c18-12-8-6-11(7-9-12)15(20)13-14(19-17(22)16(13)21)10-4-2-1-3-5-10/h1-9,14,20H,(H,19,22)/b15-13+. The first-order valence-electron chi connectivity index (χ1n) is 6.67. The topological polar surface area (TPSA) is 66.4 Å². The van der Waals surface area contributed by atoms with Gasteiger partial charge in [0.15, 0.2) is 0 Å². The van der Waals surface area contributed by atoms with E-state index < -0.39 is 17.7 Å². The molecule has 1 aliphatic rings. The third kappa shape index (κ3) is 2.49. The van der Waals surface area contributed by atoms with E-state index >= 15 is 0 Å². The fraction of sp³-hybridized carbons (Fsp3) is 0.0588. The molecule has 2 aromatic carbocycles. The largest absolute Gasteiger partial charge is 0.507 e. The van der Waals surface area contributed by atoms with Gasteiger partial charge in [0, 0.05) is 10.6 Å². The fourth-order valence-corrected chi connectivity index (χ4v) is 2.55. The summed E-state index contributed by atoms with van der Waals surface area (Å²) in [5.41, 5.74) is 1.22. The van der Waals surface area contributed by atoms with E-state index in [0.717, 1.165) is 5.56 Å². The van der Waals surface area contributed by atoms with E-state index in [4.69, 9.17) is 11.6 Å². The van der Waals surface area contributed by atoms with Crippen molar-refractivity contribution in [3.05, 3.63) is 76.3 Å². The van der Waals surface area contributed by atoms with Crippen LogP contribution in [0.1, 0.15) is 17.2 Å². The monoisotopic (exact) mass is 313 g/mol. The lowest BCUT2D eigenvalue weighted by atomic mass is 9.96. The van der Waals surface area contributed by atoms with Gasteiger partial charge in [-0.05, 0) is 29.8 Å². The molecular formula is C17H12ClNO3. The Morgan fingerprint density at radius 2 is 1.64 bits per heavy atom. The molecule has 2 N–H and O–H groups in total. The highest BCUT2D eigenvalue weighted by molar-refractivity contribution is 6.46. The fourth-order valence-electron chi connectivity index (χ4n) is 2.43. The van der Waals surface area contributed by atoms with Crippen LogP contribution in [0.5, 0.6) is 0 Å². The molecule has 0 bridgehead atoms.